The van der Waals surface area contributed by atoms with Crippen molar-refractivity contribution in [1.82, 2.24) is 14.2 Å². The van der Waals surface area contributed by atoms with Gasteiger partial charge in [0, 0.05) is 44.1 Å². The molecule has 1 saturated heterocycles. The van der Waals surface area contributed by atoms with Crippen molar-refractivity contribution in [3.8, 4) is 0 Å². The Kier molecular flexibility index (Phi) is 6.74. The van der Waals surface area contributed by atoms with Gasteiger partial charge in [-0.3, -0.25) is 4.90 Å². The number of sulfonamides is 1. The van der Waals surface area contributed by atoms with Crippen LogP contribution in [0.5, 0.6) is 0 Å². The highest BCUT2D eigenvalue weighted by Crippen LogP contribution is 2.31. The number of carbonyl (C=O) groups is 1. The molecule has 0 aliphatic carbocycles. The van der Waals surface area contributed by atoms with E-state index in [-0.39, 0.29) is 17.1 Å². The van der Waals surface area contributed by atoms with Gasteiger partial charge in [-0.1, -0.05) is 24.3 Å². The lowest BCUT2D eigenvalue weighted by Crippen LogP contribution is -2.42. The van der Waals surface area contributed by atoms with Gasteiger partial charge >= 0.3 is 5.97 Å². The number of rotatable bonds is 6. The number of carbonyl (C=O) groups excluding carboxylic acids is 1. The molecule has 2 aliphatic heterocycles. The SMILES string of the molecule is CCOC(=O)c1c(C)[nH]c(C)c1S(=O)(=O)N1CCC(CN2CCc3ccccc3C2)CC1. The molecular formula is C24H33N3O4S. The molecule has 0 radical (unpaired) electrons. The molecule has 3 heterocycles. The number of fused-ring (bicyclic) bond motifs is 1. The lowest BCUT2D eigenvalue weighted by molar-refractivity contribution is 0.0521. The van der Waals surface area contributed by atoms with Crippen LogP contribution >= 0.6 is 0 Å². The maximum atomic E-state index is 13.5. The number of nitrogens with zero attached hydrogens (tertiary/aromatic N) is 2. The summed E-state index contributed by atoms with van der Waals surface area (Å²) >= 11 is 0. The maximum absolute atomic E-state index is 13.5. The third-order valence-electron chi connectivity index (χ3n) is 6.69. The van der Waals surface area contributed by atoms with Crippen molar-refractivity contribution in [2.45, 2.75) is 51.5 Å². The van der Waals surface area contributed by atoms with Crippen LogP contribution in [0.3, 0.4) is 0 Å². The van der Waals surface area contributed by atoms with E-state index in [4.69, 9.17) is 4.74 Å². The summed E-state index contributed by atoms with van der Waals surface area (Å²) in [5.74, 6) is -0.113. The van der Waals surface area contributed by atoms with Crippen LogP contribution in [-0.4, -0.2) is 61.4 Å². The summed E-state index contributed by atoms with van der Waals surface area (Å²) in [6, 6.07) is 8.62. The summed E-state index contributed by atoms with van der Waals surface area (Å²) < 4.78 is 33.6. The van der Waals surface area contributed by atoms with E-state index in [0.29, 0.717) is 30.4 Å². The number of piperidine rings is 1. The van der Waals surface area contributed by atoms with Gasteiger partial charge < -0.3 is 9.72 Å². The molecule has 0 atom stereocenters. The second kappa shape index (κ2) is 9.37. The first-order valence-corrected chi connectivity index (χ1v) is 12.9. The molecular weight excluding hydrogens is 426 g/mol. The monoisotopic (exact) mass is 459 g/mol. The molecule has 2 aromatic rings. The van der Waals surface area contributed by atoms with Gasteiger partial charge in [0.1, 0.15) is 10.5 Å². The van der Waals surface area contributed by atoms with Crippen molar-refractivity contribution in [3.63, 3.8) is 0 Å². The lowest BCUT2D eigenvalue weighted by atomic mass is 9.94. The van der Waals surface area contributed by atoms with E-state index in [2.05, 4.69) is 34.1 Å². The number of ether oxygens (including phenoxy) is 1. The van der Waals surface area contributed by atoms with Gasteiger partial charge in [0.05, 0.1) is 6.61 Å². The van der Waals surface area contributed by atoms with Gasteiger partial charge in [0.25, 0.3) is 0 Å². The normalized spacial score (nSPS) is 18.5. The first-order chi connectivity index (χ1) is 15.3. The highest BCUT2D eigenvalue weighted by atomic mass is 32.2. The largest absolute Gasteiger partial charge is 0.462 e. The summed E-state index contributed by atoms with van der Waals surface area (Å²) in [5, 5.41) is 0. The fourth-order valence-electron chi connectivity index (χ4n) is 5.07. The van der Waals surface area contributed by atoms with E-state index >= 15 is 0 Å². The van der Waals surface area contributed by atoms with E-state index in [1.165, 1.54) is 15.4 Å². The minimum Gasteiger partial charge on any atom is -0.462 e. The average molecular weight is 460 g/mol. The number of aryl methyl sites for hydroxylation is 2. The molecule has 2 aliphatic rings. The molecule has 1 aromatic heterocycles. The second-order valence-corrected chi connectivity index (χ2v) is 10.8. The summed E-state index contributed by atoms with van der Waals surface area (Å²) in [6.07, 6.45) is 2.73. The second-order valence-electron chi connectivity index (χ2n) is 8.90. The minimum atomic E-state index is -3.77. The number of aromatic nitrogens is 1. The van der Waals surface area contributed by atoms with Crippen molar-refractivity contribution in [2.75, 3.05) is 32.8 Å². The van der Waals surface area contributed by atoms with Crippen molar-refractivity contribution in [1.29, 1.82) is 0 Å². The Morgan fingerprint density at radius 2 is 1.78 bits per heavy atom. The van der Waals surface area contributed by atoms with Gasteiger partial charge in [0.15, 0.2) is 0 Å². The summed E-state index contributed by atoms with van der Waals surface area (Å²) in [5.41, 5.74) is 4.00. The van der Waals surface area contributed by atoms with Crippen molar-refractivity contribution >= 4 is 16.0 Å². The van der Waals surface area contributed by atoms with Crippen LogP contribution in [-0.2, 0) is 27.7 Å². The lowest BCUT2D eigenvalue weighted by Gasteiger charge is -2.36. The standard InChI is InChI=1S/C24H33N3O4S/c1-4-31-24(28)22-17(2)25-18(3)23(22)32(29,30)27-13-9-19(10-14-27)15-26-12-11-20-7-5-6-8-21(20)16-26/h5-8,19,25H,4,9-16H2,1-3H3. The van der Waals surface area contributed by atoms with Crippen LogP contribution in [0.1, 0.15) is 52.6 Å². The molecule has 0 spiro atoms. The third kappa shape index (κ3) is 4.49. The fraction of sp³-hybridized carbons (Fsp3) is 0.542. The van der Waals surface area contributed by atoms with Crippen LogP contribution in [0.2, 0.25) is 0 Å². The van der Waals surface area contributed by atoms with Crippen LogP contribution in [0.4, 0.5) is 0 Å². The molecule has 7 nitrogen and oxygen atoms in total. The van der Waals surface area contributed by atoms with Crippen molar-refractivity contribution in [3.05, 3.63) is 52.3 Å². The Morgan fingerprint density at radius 1 is 1.09 bits per heavy atom. The van der Waals surface area contributed by atoms with Gasteiger partial charge in [-0.25, -0.2) is 13.2 Å². The molecule has 4 rings (SSSR count). The van der Waals surface area contributed by atoms with E-state index in [9.17, 15) is 13.2 Å². The molecule has 8 heteroatoms. The number of nitrogens with one attached hydrogen (secondary N) is 1. The van der Waals surface area contributed by atoms with Gasteiger partial charge in [-0.15, -0.1) is 0 Å². The Balaban J connectivity index is 1.42. The third-order valence-corrected chi connectivity index (χ3v) is 8.77. The number of benzene rings is 1. The Morgan fingerprint density at radius 3 is 2.47 bits per heavy atom. The quantitative estimate of drug-likeness (QED) is 0.671. The highest BCUT2D eigenvalue weighted by Gasteiger charge is 2.36. The smallest absolute Gasteiger partial charge is 0.341 e. The van der Waals surface area contributed by atoms with Gasteiger partial charge in [-0.05, 0) is 57.1 Å². The average Bonchev–Trinajstić information content (AvgIpc) is 3.08. The Labute approximate surface area is 190 Å². The van der Waals surface area contributed by atoms with Crippen molar-refractivity contribution < 1.29 is 17.9 Å². The van der Waals surface area contributed by atoms with Crippen molar-refractivity contribution in [2.24, 2.45) is 5.92 Å². The zero-order valence-electron chi connectivity index (χ0n) is 19.2. The number of aromatic amines is 1. The van der Waals surface area contributed by atoms with E-state index in [1.807, 2.05) is 0 Å². The molecule has 174 valence electrons. The predicted octanol–water partition coefficient (Wildman–Crippen LogP) is 3.27. The Hall–Kier alpha value is -2.16. The number of hydrogen-bond donors (Lipinski definition) is 1. The summed E-state index contributed by atoms with van der Waals surface area (Å²) in [7, 11) is -3.77. The Bertz CT molecular complexity index is 1080. The van der Waals surface area contributed by atoms with E-state index in [1.54, 1.807) is 20.8 Å². The molecule has 1 fully saturated rings. The first-order valence-electron chi connectivity index (χ1n) is 11.5. The first kappa shape index (κ1) is 23.0. The minimum absolute atomic E-state index is 0.0690. The molecule has 0 unspecified atom stereocenters. The number of esters is 1. The van der Waals surface area contributed by atoms with Gasteiger partial charge in [-0.2, -0.15) is 4.31 Å². The van der Waals surface area contributed by atoms with Gasteiger partial charge in [0.2, 0.25) is 10.0 Å². The predicted molar refractivity (Wildman–Crippen MR) is 123 cm³/mol. The van der Waals surface area contributed by atoms with Crippen LogP contribution in [0.25, 0.3) is 0 Å². The highest BCUT2D eigenvalue weighted by molar-refractivity contribution is 7.89. The number of H-pyrrole nitrogens is 1. The fourth-order valence-corrected chi connectivity index (χ4v) is 6.95. The molecule has 0 amide bonds. The van der Waals surface area contributed by atoms with Crippen LogP contribution in [0.15, 0.2) is 29.2 Å². The summed E-state index contributed by atoms with van der Waals surface area (Å²) in [4.78, 5) is 18.0. The molecule has 32 heavy (non-hydrogen) atoms. The number of hydrogen-bond acceptors (Lipinski definition) is 5. The molecule has 1 N–H and O–H groups in total. The van der Waals surface area contributed by atoms with E-state index < -0.39 is 16.0 Å². The van der Waals surface area contributed by atoms with Crippen LogP contribution in [0, 0.1) is 19.8 Å². The topological polar surface area (TPSA) is 82.7 Å². The zero-order valence-corrected chi connectivity index (χ0v) is 20.0. The van der Waals surface area contributed by atoms with Crippen LogP contribution < -0.4 is 0 Å². The molecule has 0 bridgehead atoms. The zero-order chi connectivity index (χ0) is 22.9. The maximum Gasteiger partial charge on any atom is 0.341 e. The molecule has 1 aromatic carbocycles. The van der Waals surface area contributed by atoms with E-state index in [0.717, 1.165) is 38.9 Å². The molecule has 0 saturated carbocycles. The summed E-state index contributed by atoms with van der Waals surface area (Å²) in [6.45, 7) is 9.30.